The van der Waals surface area contributed by atoms with Gasteiger partial charge in [0.05, 0.1) is 19.3 Å². The van der Waals surface area contributed by atoms with Crippen molar-refractivity contribution < 1.29 is 14.2 Å². The first kappa shape index (κ1) is 24.1. The van der Waals surface area contributed by atoms with Crippen molar-refractivity contribution in [2.75, 3.05) is 72.7 Å². The van der Waals surface area contributed by atoms with E-state index >= 15 is 0 Å². The van der Waals surface area contributed by atoms with E-state index in [4.69, 9.17) is 19.2 Å². The van der Waals surface area contributed by atoms with Crippen molar-refractivity contribution in [3.05, 3.63) is 0 Å². The van der Waals surface area contributed by atoms with E-state index in [1.54, 1.807) is 7.11 Å². The summed E-state index contributed by atoms with van der Waals surface area (Å²) in [5, 5.41) is 3.49. The average Bonchev–Trinajstić information content (AvgIpc) is 3.25. The number of ether oxygens (including phenoxy) is 3. The van der Waals surface area contributed by atoms with Crippen molar-refractivity contribution in [1.29, 1.82) is 0 Å². The van der Waals surface area contributed by atoms with E-state index in [-0.39, 0.29) is 36.2 Å². The smallest absolute Gasteiger partial charge is 0.194 e. The summed E-state index contributed by atoms with van der Waals surface area (Å²) in [6.07, 6.45) is 5.17. The van der Waals surface area contributed by atoms with Gasteiger partial charge in [-0.3, -0.25) is 4.99 Å². The highest BCUT2D eigenvalue weighted by molar-refractivity contribution is 14.0. The maximum atomic E-state index is 5.99. The van der Waals surface area contributed by atoms with E-state index in [0.29, 0.717) is 5.92 Å². The van der Waals surface area contributed by atoms with Gasteiger partial charge in [0.15, 0.2) is 5.96 Å². The fraction of sp³-hybridized carbons (Fsp3) is 0.950. The molecule has 8 heteroatoms. The van der Waals surface area contributed by atoms with Crippen LogP contribution in [0.5, 0.6) is 0 Å². The summed E-state index contributed by atoms with van der Waals surface area (Å²) in [4.78, 5) is 9.87. The first-order chi connectivity index (χ1) is 13.3. The van der Waals surface area contributed by atoms with Gasteiger partial charge < -0.3 is 29.3 Å². The number of nitrogens with zero attached hydrogens (tertiary/aromatic N) is 3. The molecule has 0 aromatic carbocycles. The Balaban J connectivity index is 0.00000280. The standard InChI is InChI=1S/C20H38N4O3.HI/c1-3-21-20(22-15-17-6-8-23(9-7-17)10-13-25-2)24-11-14-27-19(16-24)18-5-4-12-26-18;/h17-19H,3-16H2,1-2H3,(H,21,22);1H. The molecule has 1 N–H and O–H groups in total. The second kappa shape index (κ2) is 13.2. The number of guanidine groups is 1. The van der Waals surface area contributed by atoms with Crippen LogP contribution in [0, 0.1) is 5.92 Å². The minimum absolute atomic E-state index is 0. The van der Waals surface area contributed by atoms with Gasteiger partial charge >= 0.3 is 0 Å². The Morgan fingerprint density at radius 3 is 2.57 bits per heavy atom. The van der Waals surface area contributed by atoms with Gasteiger partial charge in [-0.2, -0.15) is 0 Å². The van der Waals surface area contributed by atoms with Crippen molar-refractivity contribution in [2.45, 2.75) is 44.8 Å². The highest BCUT2D eigenvalue weighted by Crippen LogP contribution is 2.21. The Morgan fingerprint density at radius 1 is 1.11 bits per heavy atom. The van der Waals surface area contributed by atoms with Gasteiger partial charge in [0.2, 0.25) is 0 Å². The van der Waals surface area contributed by atoms with E-state index in [1.807, 2.05) is 0 Å². The minimum Gasteiger partial charge on any atom is -0.383 e. The average molecular weight is 510 g/mol. The molecule has 2 atom stereocenters. The van der Waals surface area contributed by atoms with Gasteiger partial charge in [-0.05, 0) is 51.6 Å². The molecule has 0 aliphatic carbocycles. The summed E-state index contributed by atoms with van der Waals surface area (Å²) < 4.78 is 17.0. The molecule has 0 amide bonds. The van der Waals surface area contributed by atoms with Gasteiger partial charge in [-0.25, -0.2) is 0 Å². The fourth-order valence-corrected chi connectivity index (χ4v) is 4.24. The van der Waals surface area contributed by atoms with Crippen LogP contribution in [-0.4, -0.2) is 101 Å². The molecule has 0 saturated carbocycles. The summed E-state index contributed by atoms with van der Waals surface area (Å²) in [6.45, 7) is 11.6. The number of hydrogen-bond donors (Lipinski definition) is 1. The number of rotatable bonds is 7. The molecule has 0 bridgehead atoms. The third-order valence-corrected chi connectivity index (χ3v) is 5.93. The molecule has 28 heavy (non-hydrogen) atoms. The predicted octanol–water partition coefficient (Wildman–Crippen LogP) is 1.81. The Morgan fingerprint density at radius 2 is 1.89 bits per heavy atom. The summed E-state index contributed by atoms with van der Waals surface area (Å²) in [5.41, 5.74) is 0. The largest absolute Gasteiger partial charge is 0.383 e. The molecule has 3 saturated heterocycles. The molecule has 3 heterocycles. The Kier molecular flexibility index (Phi) is 11.4. The summed E-state index contributed by atoms with van der Waals surface area (Å²) >= 11 is 0. The first-order valence-corrected chi connectivity index (χ1v) is 10.8. The van der Waals surface area contributed by atoms with E-state index in [0.717, 1.165) is 71.3 Å². The minimum atomic E-state index is 0. The van der Waals surface area contributed by atoms with Crippen LogP contribution in [-0.2, 0) is 14.2 Å². The molecule has 7 nitrogen and oxygen atoms in total. The zero-order chi connectivity index (χ0) is 18.9. The number of hydrogen-bond acceptors (Lipinski definition) is 5. The quantitative estimate of drug-likeness (QED) is 0.321. The van der Waals surface area contributed by atoms with Crippen LogP contribution in [0.25, 0.3) is 0 Å². The maximum absolute atomic E-state index is 5.99. The number of methoxy groups -OCH3 is 1. The Hall–Kier alpha value is -0.160. The number of morpholine rings is 1. The zero-order valence-corrected chi connectivity index (χ0v) is 19.9. The number of likely N-dealkylation sites (tertiary alicyclic amines) is 1. The van der Waals surface area contributed by atoms with Crippen LogP contribution < -0.4 is 5.32 Å². The lowest BCUT2D eigenvalue weighted by molar-refractivity contribution is -0.0817. The highest BCUT2D eigenvalue weighted by Gasteiger charge is 2.32. The molecule has 0 spiro atoms. The lowest BCUT2D eigenvalue weighted by Gasteiger charge is -2.37. The summed E-state index contributed by atoms with van der Waals surface area (Å²) in [6, 6.07) is 0. The number of halogens is 1. The van der Waals surface area contributed by atoms with Crippen LogP contribution in [0.1, 0.15) is 32.6 Å². The predicted molar refractivity (Wildman–Crippen MR) is 123 cm³/mol. The SMILES string of the molecule is CCNC(=NCC1CCN(CCOC)CC1)N1CCOC(C2CCCO2)C1.I. The molecule has 0 aromatic heterocycles. The molecule has 2 unspecified atom stereocenters. The normalized spacial score (nSPS) is 27.6. The van der Waals surface area contributed by atoms with Crippen molar-refractivity contribution in [2.24, 2.45) is 10.9 Å². The topological polar surface area (TPSA) is 58.6 Å². The van der Waals surface area contributed by atoms with Crippen LogP contribution in [0.4, 0.5) is 0 Å². The van der Waals surface area contributed by atoms with E-state index in [2.05, 4.69) is 22.0 Å². The molecule has 3 fully saturated rings. The third-order valence-electron chi connectivity index (χ3n) is 5.93. The van der Waals surface area contributed by atoms with Crippen molar-refractivity contribution in [3.63, 3.8) is 0 Å². The number of aliphatic imine (C=N–C) groups is 1. The number of piperidine rings is 1. The second-order valence-corrected chi connectivity index (χ2v) is 7.88. The van der Waals surface area contributed by atoms with Crippen LogP contribution in [0.3, 0.4) is 0 Å². The molecule has 164 valence electrons. The molecule has 0 aromatic rings. The summed E-state index contributed by atoms with van der Waals surface area (Å²) in [5.74, 6) is 1.73. The van der Waals surface area contributed by atoms with Gasteiger partial charge in [0.1, 0.15) is 6.10 Å². The second-order valence-electron chi connectivity index (χ2n) is 7.88. The lowest BCUT2D eigenvalue weighted by Crippen LogP contribution is -2.53. The van der Waals surface area contributed by atoms with Crippen LogP contribution >= 0.6 is 24.0 Å². The molecule has 3 aliphatic rings. The Bertz CT molecular complexity index is 455. The van der Waals surface area contributed by atoms with E-state index in [1.165, 1.54) is 25.9 Å². The fourth-order valence-electron chi connectivity index (χ4n) is 4.24. The van der Waals surface area contributed by atoms with Gasteiger partial charge in [-0.15, -0.1) is 24.0 Å². The monoisotopic (exact) mass is 510 g/mol. The molecule has 3 aliphatic heterocycles. The highest BCUT2D eigenvalue weighted by atomic mass is 127. The van der Waals surface area contributed by atoms with Gasteiger partial charge in [0, 0.05) is 46.4 Å². The van der Waals surface area contributed by atoms with Gasteiger partial charge in [-0.1, -0.05) is 0 Å². The van der Waals surface area contributed by atoms with Crippen molar-refractivity contribution >= 4 is 29.9 Å². The molecule has 0 radical (unpaired) electrons. The Labute approximate surface area is 187 Å². The lowest BCUT2D eigenvalue weighted by atomic mass is 9.97. The van der Waals surface area contributed by atoms with Gasteiger partial charge in [0.25, 0.3) is 0 Å². The van der Waals surface area contributed by atoms with Crippen LogP contribution in [0.15, 0.2) is 4.99 Å². The number of nitrogens with one attached hydrogen (secondary N) is 1. The van der Waals surface area contributed by atoms with Crippen molar-refractivity contribution in [3.8, 4) is 0 Å². The maximum Gasteiger partial charge on any atom is 0.194 e. The van der Waals surface area contributed by atoms with E-state index in [9.17, 15) is 0 Å². The zero-order valence-electron chi connectivity index (χ0n) is 17.6. The molecular weight excluding hydrogens is 471 g/mol. The molecule has 3 rings (SSSR count). The third kappa shape index (κ3) is 7.27. The van der Waals surface area contributed by atoms with Crippen molar-refractivity contribution in [1.82, 2.24) is 15.1 Å². The molecular formula is C20H39IN4O3. The summed E-state index contributed by atoms with van der Waals surface area (Å²) in [7, 11) is 1.78. The van der Waals surface area contributed by atoms with Crippen LogP contribution in [0.2, 0.25) is 0 Å². The first-order valence-electron chi connectivity index (χ1n) is 10.8. The van der Waals surface area contributed by atoms with E-state index < -0.39 is 0 Å².